The zero-order chi connectivity index (χ0) is 19.2. The SMILES string of the molecule is O=C(C=Cc1ccc(Cc2nc3ccccc3[nH]2)cc1)NOC1CCCCO1. The number of carbonyl (C=O) groups is 1. The molecule has 28 heavy (non-hydrogen) atoms. The molecule has 0 radical (unpaired) electrons. The highest BCUT2D eigenvalue weighted by Gasteiger charge is 2.14. The summed E-state index contributed by atoms with van der Waals surface area (Å²) < 4.78 is 5.40. The molecule has 2 N–H and O–H groups in total. The predicted octanol–water partition coefficient (Wildman–Crippen LogP) is 3.74. The maximum absolute atomic E-state index is 11.9. The number of benzene rings is 2. The molecule has 0 spiro atoms. The maximum atomic E-state index is 11.9. The Morgan fingerprint density at radius 1 is 1.21 bits per heavy atom. The van der Waals surface area contributed by atoms with Crippen LogP contribution in [0.25, 0.3) is 17.1 Å². The summed E-state index contributed by atoms with van der Waals surface area (Å²) in [7, 11) is 0. The number of hydrogen-bond donors (Lipinski definition) is 2. The van der Waals surface area contributed by atoms with Gasteiger partial charge in [0.05, 0.1) is 11.0 Å². The topological polar surface area (TPSA) is 76.2 Å². The van der Waals surface area contributed by atoms with Gasteiger partial charge in [0, 0.05) is 25.5 Å². The molecule has 1 fully saturated rings. The molecular weight excluding hydrogens is 354 g/mol. The van der Waals surface area contributed by atoms with Gasteiger partial charge in [0.25, 0.3) is 5.91 Å². The normalized spacial score (nSPS) is 17.2. The summed E-state index contributed by atoms with van der Waals surface area (Å²) in [6.45, 7) is 0.677. The Hall–Kier alpha value is -2.96. The van der Waals surface area contributed by atoms with Gasteiger partial charge in [0.2, 0.25) is 0 Å². The standard InChI is InChI=1S/C22H23N3O3/c26-21(25-28-22-7-3-4-14-27-22)13-12-16-8-10-17(11-9-16)15-20-23-18-5-1-2-6-19(18)24-20/h1-2,5-6,8-13,22H,3-4,7,14-15H2,(H,23,24)(H,25,26). The number of aromatic amines is 1. The summed E-state index contributed by atoms with van der Waals surface area (Å²) in [5, 5.41) is 0. The van der Waals surface area contributed by atoms with Gasteiger partial charge in [0.1, 0.15) is 5.82 Å². The first kappa shape index (κ1) is 18.4. The minimum atomic E-state index is -0.344. The third kappa shape index (κ3) is 4.85. The number of ether oxygens (including phenoxy) is 1. The molecular formula is C22H23N3O3. The first-order chi connectivity index (χ1) is 13.8. The highest BCUT2D eigenvalue weighted by Crippen LogP contribution is 2.15. The number of hydrogen-bond acceptors (Lipinski definition) is 4. The summed E-state index contributed by atoms with van der Waals surface area (Å²) in [4.78, 5) is 25.1. The Balaban J connectivity index is 1.29. The van der Waals surface area contributed by atoms with Crippen molar-refractivity contribution >= 4 is 23.0 Å². The Morgan fingerprint density at radius 2 is 2.07 bits per heavy atom. The number of fused-ring (bicyclic) bond motifs is 1. The number of hydroxylamine groups is 1. The fraction of sp³-hybridized carbons (Fsp3) is 0.273. The van der Waals surface area contributed by atoms with E-state index in [-0.39, 0.29) is 12.2 Å². The Labute approximate surface area is 163 Å². The van der Waals surface area contributed by atoms with Crippen LogP contribution in [0.4, 0.5) is 0 Å². The van der Waals surface area contributed by atoms with Crippen molar-refractivity contribution in [2.75, 3.05) is 6.61 Å². The van der Waals surface area contributed by atoms with Gasteiger partial charge < -0.3 is 9.72 Å². The molecule has 1 aliphatic heterocycles. The van der Waals surface area contributed by atoms with Crippen molar-refractivity contribution in [2.45, 2.75) is 32.0 Å². The molecule has 0 aliphatic carbocycles. The van der Waals surface area contributed by atoms with Gasteiger partial charge in [-0.15, -0.1) is 0 Å². The predicted molar refractivity (Wildman–Crippen MR) is 107 cm³/mol. The van der Waals surface area contributed by atoms with Crippen molar-refractivity contribution < 1.29 is 14.4 Å². The minimum absolute atomic E-state index is 0.305. The lowest BCUT2D eigenvalue weighted by atomic mass is 10.1. The van der Waals surface area contributed by atoms with Crippen LogP contribution < -0.4 is 5.48 Å². The fourth-order valence-corrected chi connectivity index (χ4v) is 3.16. The van der Waals surface area contributed by atoms with E-state index < -0.39 is 0 Å². The molecule has 1 aromatic heterocycles. The highest BCUT2D eigenvalue weighted by atomic mass is 16.8. The third-order valence-corrected chi connectivity index (χ3v) is 4.65. The lowest BCUT2D eigenvalue weighted by Gasteiger charge is -2.21. The van der Waals surface area contributed by atoms with Gasteiger partial charge in [-0.25, -0.2) is 15.3 Å². The van der Waals surface area contributed by atoms with Crippen LogP contribution in [0, 0.1) is 0 Å². The zero-order valence-electron chi connectivity index (χ0n) is 15.6. The maximum Gasteiger partial charge on any atom is 0.267 e. The molecule has 1 aliphatic rings. The van der Waals surface area contributed by atoms with E-state index >= 15 is 0 Å². The molecule has 3 aromatic rings. The Kier molecular flexibility index (Phi) is 5.80. The summed E-state index contributed by atoms with van der Waals surface area (Å²) in [6.07, 6.45) is 6.49. The molecule has 6 nitrogen and oxygen atoms in total. The fourth-order valence-electron chi connectivity index (χ4n) is 3.16. The molecule has 1 saturated heterocycles. The first-order valence-electron chi connectivity index (χ1n) is 9.54. The average molecular weight is 377 g/mol. The van der Waals surface area contributed by atoms with Crippen molar-refractivity contribution in [2.24, 2.45) is 0 Å². The van der Waals surface area contributed by atoms with Gasteiger partial charge in [-0.1, -0.05) is 36.4 Å². The Bertz CT molecular complexity index is 924. The molecule has 0 bridgehead atoms. The zero-order valence-corrected chi connectivity index (χ0v) is 15.6. The molecule has 2 aromatic carbocycles. The monoisotopic (exact) mass is 377 g/mol. The molecule has 1 amide bonds. The lowest BCUT2D eigenvalue weighted by Crippen LogP contribution is -2.32. The largest absolute Gasteiger partial charge is 0.350 e. The van der Waals surface area contributed by atoms with E-state index in [1.807, 2.05) is 48.5 Å². The molecule has 4 rings (SSSR count). The van der Waals surface area contributed by atoms with Crippen LogP contribution >= 0.6 is 0 Å². The minimum Gasteiger partial charge on any atom is -0.350 e. The number of nitrogens with zero attached hydrogens (tertiary/aromatic N) is 1. The van der Waals surface area contributed by atoms with Crippen LogP contribution in [0.2, 0.25) is 0 Å². The smallest absolute Gasteiger partial charge is 0.267 e. The van der Waals surface area contributed by atoms with Crippen LogP contribution in [-0.2, 0) is 20.8 Å². The van der Waals surface area contributed by atoms with E-state index in [0.29, 0.717) is 6.61 Å². The highest BCUT2D eigenvalue weighted by molar-refractivity contribution is 5.90. The number of carbonyl (C=O) groups excluding carboxylic acids is 1. The number of imidazole rings is 1. The lowest BCUT2D eigenvalue weighted by molar-refractivity contribution is -0.198. The van der Waals surface area contributed by atoms with Crippen molar-refractivity contribution in [3.05, 3.63) is 71.6 Å². The molecule has 144 valence electrons. The number of rotatable bonds is 6. The first-order valence-corrected chi connectivity index (χ1v) is 9.54. The second-order valence-corrected chi connectivity index (χ2v) is 6.83. The van der Waals surface area contributed by atoms with Crippen LogP contribution in [0.15, 0.2) is 54.6 Å². The summed E-state index contributed by atoms with van der Waals surface area (Å²) >= 11 is 0. The molecule has 6 heteroatoms. The van der Waals surface area contributed by atoms with Crippen molar-refractivity contribution in [3.63, 3.8) is 0 Å². The number of nitrogens with one attached hydrogen (secondary N) is 2. The average Bonchev–Trinajstić information content (AvgIpc) is 3.15. The van der Waals surface area contributed by atoms with Crippen LogP contribution in [0.5, 0.6) is 0 Å². The van der Waals surface area contributed by atoms with E-state index in [2.05, 4.69) is 15.4 Å². The number of H-pyrrole nitrogens is 1. The summed E-state index contributed by atoms with van der Waals surface area (Å²) in [5.41, 5.74) is 6.53. The van der Waals surface area contributed by atoms with E-state index in [4.69, 9.17) is 9.57 Å². The van der Waals surface area contributed by atoms with Gasteiger partial charge in [0.15, 0.2) is 6.29 Å². The van der Waals surface area contributed by atoms with Gasteiger partial charge >= 0.3 is 0 Å². The second kappa shape index (κ2) is 8.82. The molecule has 0 saturated carbocycles. The van der Waals surface area contributed by atoms with Crippen molar-refractivity contribution in [3.8, 4) is 0 Å². The molecule has 1 atom stereocenters. The van der Waals surface area contributed by atoms with Crippen LogP contribution in [-0.4, -0.2) is 28.8 Å². The third-order valence-electron chi connectivity index (χ3n) is 4.65. The van der Waals surface area contributed by atoms with E-state index in [1.54, 1.807) is 6.08 Å². The van der Waals surface area contributed by atoms with Gasteiger partial charge in [-0.3, -0.25) is 4.79 Å². The number of para-hydroxylation sites is 2. The number of amides is 1. The van der Waals surface area contributed by atoms with Gasteiger partial charge in [-0.2, -0.15) is 0 Å². The van der Waals surface area contributed by atoms with Crippen LogP contribution in [0.1, 0.15) is 36.2 Å². The van der Waals surface area contributed by atoms with E-state index in [9.17, 15) is 4.79 Å². The summed E-state index contributed by atoms with van der Waals surface area (Å²) in [5.74, 6) is 0.631. The van der Waals surface area contributed by atoms with E-state index in [1.165, 1.54) is 6.08 Å². The number of aromatic nitrogens is 2. The molecule has 2 heterocycles. The quantitative estimate of drug-likeness (QED) is 0.507. The van der Waals surface area contributed by atoms with E-state index in [0.717, 1.165) is 53.7 Å². The van der Waals surface area contributed by atoms with Crippen molar-refractivity contribution in [1.82, 2.24) is 15.4 Å². The Morgan fingerprint density at radius 3 is 2.86 bits per heavy atom. The molecule has 1 unspecified atom stereocenters. The van der Waals surface area contributed by atoms with Crippen molar-refractivity contribution in [1.29, 1.82) is 0 Å². The van der Waals surface area contributed by atoms with Gasteiger partial charge in [-0.05, 0) is 42.2 Å². The second-order valence-electron chi connectivity index (χ2n) is 6.83. The summed E-state index contributed by atoms with van der Waals surface area (Å²) in [6, 6.07) is 16.0. The van der Waals surface area contributed by atoms with Crippen LogP contribution in [0.3, 0.4) is 0 Å².